The molecule has 0 fully saturated rings. The monoisotopic (exact) mass is 544 g/mol. The van der Waals surface area contributed by atoms with Gasteiger partial charge in [-0.1, -0.05) is 52.3 Å². The van der Waals surface area contributed by atoms with Crippen molar-refractivity contribution in [1.82, 2.24) is 20.9 Å². The van der Waals surface area contributed by atoms with Crippen molar-refractivity contribution in [3.8, 4) is 0 Å². The van der Waals surface area contributed by atoms with E-state index < -0.39 is 47.9 Å². The summed E-state index contributed by atoms with van der Waals surface area (Å²) in [6.07, 6.45) is 4.09. The SMILES string of the molecule is CCC(C)C(N)C(=O)NC(Cc1c[nH]c2ccccc12)C(=O)NC(CCCCN)C(=O)NC(C(=O)O)C(C)C. The number of aliphatic carboxylic acids is 1. The molecule has 216 valence electrons. The van der Waals surface area contributed by atoms with E-state index in [1.165, 1.54) is 0 Å². The maximum atomic E-state index is 13.6. The molecular weight excluding hydrogens is 500 g/mol. The van der Waals surface area contributed by atoms with Crippen LogP contribution in [0.5, 0.6) is 0 Å². The number of aromatic amines is 1. The zero-order valence-electron chi connectivity index (χ0n) is 23.3. The number of unbranched alkanes of at least 4 members (excludes halogenated alkanes) is 1. The Balaban J connectivity index is 2.32. The topological polar surface area (TPSA) is 192 Å². The van der Waals surface area contributed by atoms with Gasteiger partial charge >= 0.3 is 5.97 Å². The van der Waals surface area contributed by atoms with E-state index in [-0.39, 0.29) is 24.7 Å². The Bertz CT molecular complexity index is 1120. The third kappa shape index (κ3) is 9.07. The van der Waals surface area contributed by atoms with Gasteiger partial charge in [-0.3, -0.25) is 14.4 Å². The number of benzene rings is 1. The van der Waals surface area contributed by atoms with E-state index in [2.05, 4.69) is 20.9 Å². The van der Waals surface area contributed by atoms with Crippen LogP contribution in [0.25, 0.3) is 10.9 Å². The highest BCUT2D eigenvalue weighted by Gasteiger charge is 2.32. The smallest absolute Gasteiger partial charge is 0.326 e. The standard InChI is InChI=1S/C28H44N6O5/c1-5-17(4)23(30)27(37)33-22(14-18-15-31-20-11-7-6-10-19(18)20)26(36)32-21(12-8-9-13-29)25(35)34-24(16(2)3)28(38)39/h6-7,10-11,15-17,21-24,31H,5,8-9,12-14,29-30H2,1-4H3,(H,32,36)(H,33,37)(H,34,35)(H,38,39). The van der Waals surface area contributed by atoms with Crippen molar-refractivity contribution in [2.24, 2.45) is 23.3 Å². The zero-order valence-corrected chi connectivity index (χ0v) is 23.3. The minimum absolute atomic E-state index is 0.0967. The largest absolute Gasteiger partial charge is 0.480 e. The van der Waals surface area contributed by atoms with E-state index in [0.717, 1.165) is 16.5 Å². The number of carboxylic acids is 1. The molecule has 0 aliphatic rings. The summed E-state index contributed by atoms with van der Waals surface area (Å²) < 4.78 is 0. The molecule has 11 heteroatoms. The number of carbonyl (C=O) groups is 4. The Morgan fingerprint density at radius 1 is 0.949 bits per heavy atom. The van der Waals surface area contributed by atoms with Gasteiger partial charge in [-0.2, -0.15) is 0 Å². The van der Waals surface area contributed by atoms with Crippen LogP contribution in [-0.4, -0.2) is 64.5 Å². The summed E-state index contributed by atoms with van der Waals surface area (Å²) in [5, 5.41) is 18.5. The molecule has 0 radical (unpaired) electrons. The highest BCUT2D eigenvalue weighted by molar-refractivity contribution is 5.95. The van der Waals surface area contributed by atoms with Gasteiger partial charge in [-0.15, -0.1) is 0 Å². The van der Waals surface area contributed by atoms with Gasteiger partial charge in [0.2, 0.25) is 17.7 Å². The van der Waals surface area contributed by atoms with Crippen LogP contribution in [0.2, 0.25) is 0 Å². The summed E-state index contributed by atoms with van der Waals surface area (Å²) in [6.45, 7) is 7.59. The predicted octanol–water partition coefficient (Wildman–Crippen LogP) is 1.41. The molecule has 2 aromatic rings. The van der Waals surface area contributed by atoms with Gasteiger partial charge in [0.25, 0.3) is 0 Å². The second-order valence-corrected chi connectivity index (χ2v) is 10.5. The van der Waals surface area contributed by atoms with Crippen molar-refractivity contribution in [3.63, 3.8) is 0 Å². The van der Waals surface area contributed by atoms with Crippen molar-refractivity contribution in [2.45, 2.75) is 84.0 Å². The Morgan fingerprint density at radius 3 is 2.21 bits per heavy atom. The Labute approximate surface area is 229 Å². The molecule has 0 spiro atoms. The third-order valence-corrected chi connectivity index (χ3v) is 7.10. The van der Waals surface area contributed by atoms with Crippen LogP contribution < -0.4 is 27.4 Å². The lowest BCUT2D eigenvalue weighted by Gasteiger charge is -2.27. The molecule has 0 bridgehead atoms. The molecule has 1 aromatic heterocycles. The van der Waals surface area contributed by atoms with Gasteiger partial charge in [-0.05, 0) is 49.3 Å². The lowest BCUT2D eigenvalue weighted by molar-refractivity contribution is -0.143. The van der Waals surface area contributed by atoms with Crippen LogP contribution in [0, 0.1) is 11.8 Å². The van der Waals surface area contributed by atoms with E-state index in [0.29, 0.717) is 25.8 Å². The van der Waals surface area contributed by atoms with Crippen molar-refractivity contribution in [3.05, 3.63) is 36.0 Å². The van der Waals surface area contributed by atoms with E-state index in [4.69, 9.17) is 11.5 Å². The van der Waals surface area contributed by atoms with Crippen LogP contribution in [0.1, 0.15) is 58.9 Å². The van der Waals surface area contributed by atoms with E-state index >= 15 is 0 Å². The van der Waals surface area contributed by atoms with Crippen LogP contribution in [0.4, 0.5) is 0 Å². The van der Waals surface area contributed by atoms with Crippen LogP contribution in [0.3, 0.4) is 0 Å². The first-order chi connectivity index (χ1) is 18.5. The number of amides is 3. The summed E-state index contributed by atoms with van der Waals surface area (Å²) in [6, 6.07) is 3.68. The van der Waals surface area contributed by atoms with Crippen LogP contribution in [0.15, 0.2) is 30.5 Å². The van der Waals surface area contributed by atoms with Crippen molar-refractivity contribution in [1.29, 1.82) is 0 Å². The first-order valence-corrected chi connectivity index (χ1v) is 13.6. The number of nitrogens with two attached hydrogens (primary N) is 2. The normalized spacial score (nSPS) is 15.3. The molecule has 3 amide bonds. The molecule has 0 aliphatic heterocycles. The molecule has 2 rings (SSSR count). The van der Waals surface area contributed by atoms with Gasteiger partial charge in [0.05, 0.1) is 6.04 Å². The number of carboxylic acid groups (broad SMARTS) is 1. The second-order valence-electron chi connectivity index (χ2n) is 10.5. The minimum atomic E-state index is -1.16. The molecule has 11 nitrogen and oxygen atoms in total. The van der Waals surface area contributed by atoms with Crippen molar-refractivity contribution >= 4 is 34.6 Å². The number of hydrogen-bond donors (Lipinski definition) is 7. The van der Waals surface area contributed by atoms with Gasteiger partial charge in [0.1, 0.15) is 18.1 Å². The Kier molecular flexibility index (Phi) is 12.4. The Hall–Kier alpha value is -3.44. The molecule has 39 heavy (non-hydrogen) atoms. The van der Waals surface area contributed by atoms with E-state index in [1.807, 2.05) is 38.1 Å². The van der Waals surface area contributed by atoms with Crippen LogP contribution >= 0.6 is 0 Å². The number of hydrogen-bond acceptors (Lipinski definition) is 6. The lowest BCUT2D eigenvalue weighted by atomic mass is 9.98. The summed E-state index contributed by atoms with van der Waals surface area (Å²) in [5.74, 6) is -3.24. The molecule has 0 aliphatic carbocycles. The molecule has 5 atom stereocenters. The third-order valence-electron chi connectivity index (χ3n) is 7.10. The van der Waals surface area contributed by atoms with E-state index in [1.54, 1.807) is 20.0 Å². The molecular formula is C28H44N6O5. The summed E-state index contributed by atoms with van der Waals surface area (Å²) >= 11 is 0. The minimum Gasteiger partial charge on any atom is -0.480 e. The number of fused-ring (bicyclic) bond motifs is 1. The molecule has 0 saturated carbocycles. The fraction of sp³-hybridized carbons (Fsp3) is 0.571. The van der Waals surface area contributed by atoms with Gasteiger partial charge in [-0.25, -0.2) is 4.79 Å². The van der Waals surface area contributed by atoms with Crippen molar-refractivity contribution < 1.29 is 24.3 Å². The van der Waals surface area contributed by atoms with Gasteiger partial charge in [0, 0.05) is 23.5 Å². The van der Waals surface area contributed by atoms with Gasteiger partial charge < -0.3 is 37.5 Å². The number of H-pyrrole nitrogens is 1. The van der Waals surface area contributed by atoms with Crippen LogP contribution in [-0.2, 0) is 25.6 Å². The number of para-hydroxylation sites is 1. The fourth-order valence-electron chi connectivity index (χ4n) is 4.31. The zero-order chi connectivity index (χ0) is 29.1. The highest BCUT2D eigenvalue weighted by atomic mass is 16.4. The molecule has 0 saturated heterocycles. The molecule has 1 aromatic carbocycles. The number of rotatable bonds is 16. The predicted molar refractivity (Wildman–Crippen MR) is 151 cm³/mol. The number of aromatic nitrogens is 1. The summed E-state index contributed by atoms with van der Waals surface area (Å²) in [7, 11) is 0. The number of carbonyl (C=O) groups excluding carboxylic acids is 3. The van der Waals surface area contributed by atoms with E-state index in [9.17, 15) is 24.3 Å². The first kappa shape index (κ1) is 31.8. The molecule has 5 unspecified atom stereocenters. The molecule has 1 heterocycles. The maximum Gasteiger partial charge on any atom is 0.326 e. The lowest BCUT2D eigenvalue weighted by Crippen LogP contribution is -2.58. The Morgan fingerprint density at radius 2 is 1.59 bits per heavy atom. The summed E-state index contributed by atoms with van der Waals surface area (Å²) in [5.41, 5.74) is 13.5. The average molecular weight is 545 g/mol. The fourth-order valence-corrected chi connectivity index (χ4v) is 4.31. The molecule has 9 N–H and O–H groups in total. The second kappa shape index (κ2) is 15.2. The summed E-state index contributed by atoms with van der Waals surface area (Å²) in [4.78, 5) is 54.6. The maximum absolute atomic E-state index is 13.6. The first-order valence-electron chi connectivity index (χ1n) is 13.6. The van der Waals surface area contributed by atoms with Gasteiger partial charge in [0.15, 0.2) is 0 Å². The quantitative estimate of drug-likeness (QED) is 0.155. The average Bonchev–Trinajstić information content (AvgIpc) is 3.31. The number of nitrogens with one attached hydrogen (secondary N) is 4. The highest BCUT2D eigenvalue weighted by Crippen LogP contribution is 2.20. The van der Waals surface area contributed by atoms with Crippen molar-refractivity contribution in [2.75, 3.05) is 6.54 Å².